The zero-order chi connectivity index (χ0) is 19.2. The number of pyridine rings is 1. The minimum atomic E-state index is 0.0526. The number of aromatic nitrogens is 1. The number of carbonyl (C=O) groups is 2. The molecule has 3 amide bonds. The summed E-state index contributed by atoms with van der Waals surface area (Å²) in [6, 6.07) is 4.44. The van der Waals surface area contributed by atoms with Crippen LogP contribution in [0, 0.1) is 5.92 Å². The van der Waals surface area contributed by atoms with E-state index >= 15 is 0 Å². The van der Waals surface area contributed by atoms with Gasteiger partial charge in [0.05, 0.1) is 5.92 Å². The van der Waals surface area contributed by atoms with Crippen LogP contribution in [-0.2, 0) is 11.3 Å². The van der Waals surface area contributed by atoms with E-state index in [0.717, 1.165) is 57.4 Å². The monoisotopic (exact) mass is 373 g/mol. The number of nitrogens with zero attached hydrogens (tertiary/aromatic N) is 4. The normalized spacial score (nSPS) is 21.7. The van der Waals surface area contributed by atoms with Gasteiger partial charge in [-0.25, -0.2) is 4.79 Å². The fraction of sp³-hybridized carbons (Fsp3) is 0.650. The SMILES string of the molecule is CN(C)C(=O)N1CCC(N2CCC[C@@H](C(=O)NCc3cccnc3)C2)CC1. The second kappa shape index (κ2) is 9.17. The predicted molar refractivity (Wildman–Crippen MR) is 104 cm³/mol. The molecule has 0 aromatic carbocycles. The minimum absolute atomic E-state index is 0.0526. The third kappa shape index (κ3) is 5.19. The summed E-state index contributed by atoms with van der Waals surface area (Å²) >= 11 is 0. The van der Waals surface area contributed by atoms with E-state index in [-0.39, 0.29) is 17.9 Å². The summed E-state index contributed by atoms with van der Waals surface area (Å²) < 4.78 is 0. The number of hydrogen-bond acceptors (Lipinski definition) is 4. The molecule has 0 saturated carbocycles. The van der Waals surface area contributed by atoms with Gasteiger partial charge in [0.2, 0.25) is 5.91 Å². The molecule has 0 unspecified atom stereocenters. The number of carbonyl (C=O) groups excluding carboxylic acids is 2. The first kappa shape index (κ1) is 19.6. The van der Waals surface area contributed by atoms with E-state index in [9.17, 15) is 9.59 Å². The molecule has 27 heavy (non-hydrogen) atoms. The van der Waals surface area contributed by atoms with Gasteiger partial charge in [0.25, 0.3) is 0 Å². The molecular formula is C20H31N5O2. The Bertz CT molecular complexity index is 629. The molecule has 7 nitrogen and oxygen atoms in total. The number of nitrogens with one attached hydrogen (secondary N) is 1. The van der Waals surface area contributed by atoms with E-state index in [2.05, 4.69) is 15.2 Å². The van der Waals surface area contributed by atoms with E-state index in [1.165, 1.54) is 0 Å². The maximum atomic E-state index is 12.6. The van der Waals surface area contributed by atoms with Gasteiger partial charge >= 0.3 is 6.03 Å². The highest BCUT2D eigenvalue weighted by atomic mass is 16.2. The predicted octanol–water partition coefficient (Wildman–Crippen LogP) is 1.56. The number of likely N-dealkylation sites (tertiary alicyclic amines) is 2. The zero-order valence-corrected chi connectivity index (χ0v) is 16.4. The van der Waals surface area contributed by atoms with Crippen LogP contribution in [0.2, 0.25) is 0 Å². The molecule has 1 aromatic rings. The van der Waals surface area contributed by atoms with Crippen molar-refractivity contribution in [2.75, 3.05) is 40.3 Å². The van der Waals surface area contributed by atoms with Crippen LogP contribution in [0.4, 0.5) is 4.79 Å². The molecule has 2 saturated heterocycles. The Morgan fingerprint density at radius 1 is 1.22 bits per heavy atom. The van der Waals surface area contributed by atoms with Crippen molar-refractivity contribution in [3.05, 3.63) is 30.1 Å². The van der Waals surface area contributed by atoms with Crippen LogP contribution in [0.1, 0.15) is 31.2 Å². The average molecular weight is 374 g/mol. The van der Waals surface area contributed by atoms with Crippen molar-refractivity contribution in [3.8, 4) is 0 Å². The molecule has 1 atom stereocenters. The summed E-state index contributed by atoms with van der Waals surface area (Å²) in [5.41, 5.74) is 1.02. The Morgan fingerprint density at radius 2 is 2.00 bits per heavy atom. The van der Waals surface area contributed by atoms with Gasteiger partial charge < -0.3 is 15.1 Å². The molecule has 0 aliphatic carbocycles. The highest BCUT2D eigenvalue weighted by molar-refractivity contribution is 5.79. The highest BCUT2D eigenvalue weighted by Crippen LogP contribution is 2.24. The number of piperidine rings is 2. The number of rotatable bonds is 4. The van der Waals surface area contributed by atoms with E-state index < -0.39 is 0 Å². The molecule has 2 aliphatic rings. The quantitative estimate of drug-likeness (QED) is 0.870. The fourth-order valence-electron chi connectivity index (χ4n) is 4.09. The van der Waals surface area contributed by atoms with Crippen LogP contribution < -0.4 is 5.32 Å². The topological polar surface area (TPSA) is 68.8 Å². The first-order valence-electron chi connectivity index (χ1n) is 9.91. The van der Waals surface area contributed by atoms with Crippen molar-refractivity contribution in [2.45, 2.75) is 38.3 Å². The molecule has 1 aromatic heterocycles. The van der Waals surface area contributed by atoms with Crippen molar-refractivity contribution in [1.29, 1.82) is 0 Å². The molecule has 148 valence electrons. The first-order chi connectivity index (χ1) is 13.0. The van der Waals surface area contributed by atoms with E-state index in [4.69, 9.17) is 0 Å². The minimum Gasteiger partial charge on any atom is -0.352 e. The van der Waals surface area contributed by atoms with Gasteiger partial charge in [-0.15, -0.1) is 0 Å². The molecular weight excluding hydrogens is 342 g/mol. The second-order valence-corrected chi connectivity index (χ2v) is 7.81. The van der Waals surface area contributed by atoms with Gasteiger partial charge in [-0.1, -0.05) is 6.07 Å². The van der Waals surface area contributed by atoms with Crippen LogP contribution in [0.15, 0.2) is 24.5 Å². The molecule has 1 N–H and O–H groups in total. The lowest BCUT2D eigenvalue weighted by Gasteiger charge is -2.42. The molecule has 3 rings (SSSR count). The molecule has 3 heterocycles. The Labute approximate surface area is 161 Å². The van der Waals surface area contributed by atoms with Gasteiger partial charge in [0.15, 0.2) is 0 Å². The smallest absolute Gasteiger partial charge is 0.319 e. The van der Waals surface area contributed by atoms with Crippen molar-refractivity contribution in [2.24, 2.45) is 5.92 Å². The van der Waals surface area contributed by atoms with Gasteiger partial charge in [-0.05, 0) is 43.9 Å². The van der Waals surface area contributed by atoms with E-state index in [1.54, 1.807) is 31.4 Å². The third-order valence-electron chi connectivity index (χ3n) is 5.65. The van der Waals surface area contributed by atoms with Crippen LogP contribution in [0.25, 0.3) is 0 Å². The van der Waals surface area contributed by atoms with Crippen LogP contribution in [0.5, 0.6) is 0 Å². The lowest BCUT2D eigenvalue weighted by atomic mass is 9.93. The first-order valence-corrected chi connectivity index (χ1v) is 9.91. The summed E-state index contributed by atoms with van der Waals surface area (Å²) in [5.74, 6) is 0.195. The summed E-state index contributed by atoms with van der Waals surface area (Å²) in [5, 5.41) is 3.06. The van der Waals surface area contributed by atoms with Gasteiger partial charge in [0.1, 0.15) is 0 Å². The molecule has 0 radical (unpaired) electrons. The zero-order valence-electron chi connectivity index (χ0n) is 16.4. The van der Waals surface area contributed by atoms with E-state index in [0.29, 0.717) is 12.6 Å². The Morgan fingerprint density at radius 3 is 2.67 bits per heavy atom. The van der Waals surface area contributed by atoms with Crippen LogP contribution in [0.3, 0.4) is 0 Å². The average Bonchev–Trinajstić information content (AvgIpc) is 2.72. The van der Waals surface area contributed by atoms with Gasteiger partial charge in [-0.3, -0.25) is 14.7 Å². The van der Waals surface area contributed by atoms with Crippen LogP contribution in [-0.4, -0.2) is 77.9 Å². The molecule has 2 fully saturated rings. The maximum Gasteiger partial charge on any atom is 0.319 e. The van der Waals surface area contributed by atoms with Crippen molar-refractivity contribution in [1.82, 2.24) is 25.0 Å². The summed E-state index contributed by atoms with van der Waals surface area (Å²) in [6.45, 7) is 4.02. The Hall–Kier alpha value is -2.15. The van der Waals surface area contributed by atoms with Gasteiger partial charge in [0, 0.05) is 58.7 Å². The second-order valence-electron chi connectivity index (χ2n) is 7.81. The van der Waals surface area contributed by atoms with Gasteiger partial charge in [-0.2, -0.15) is 0 Å². The molecule has 0 bridgehead atoms. The lowest BCUT2D eigenvalue weighted by Crippen LogP contribution is -2.52. The molecule has 2 aliphatic heterocycles. The van der Waals surface area contributed by atoms with Crippen LogP contribution >= 0.6 is 0 Å². The number of urea groups is 1. The fourth-order valence-corrected chi connectivity index (χ4v) is 4.09. The number of amides is 3. The largest absolute Gasteiger partial charge is 0.352 e. The molecule has 0 spiro atoms. The summed E-state index contributed by atoms with van der Waals surface area (Å²) in [7, 11) is 3.60. The van der Waals surface area contributed by atoms with Crippen molar-refractivity contribution >= 4 is 11.9 Å². The van der Waals surface area contributed by atoms with E-state index in [1.807, 2.05) is 17.0 Å². The Balaban J connectivity index is 1.46. The maximum absolute atomic E-state index is 12.6. The highest BCUT2D eigenvalue weighted by Gasteiger charge is 2.32. The standard InChI is InChI=1S/C20H31N5O2/c1-23(2)20(27)24-11-7-18(8-12-24)25-10-4-6-17(15-25)19(26)22-14-16-5-3-9-21-13-16/h3,5,9,13,17-18H,4,6-8,10-12,14-15H2,1-2H3,(H,22,26)/t17-/m1/s1. The third-order valence-corrected chi connectivity index (χ3v) is 5.65. The van der Waals surface area contributed by atoms with Crippen molar-refractivity contribution < 1.29 is 9.59 Å². The summed E-state index contributed by atoms with van der Waals surface area (Å²) in [6.07, 6.45) is 7.51. The summed E-state index contributed by atoms with van der Waals surface area (Å²) in [4.78, 5) is 34.8. The Kier molecular flexibility index (Phi) is 6.66. The lowest BCUT2D eigenvalue weighted by molar-refractivity contribution is -0.127. The number of hydrogen-bond donors (Lipinski definition) is 1. The van der Waals surface area contributed by atoms with Crippen molar-refractivity contribution in [3.63, 3.8) is 0 Å². The molecule has 7 heteroatoms.